The molecule has 0 unspecified atom stereocenters. The van der Waals surface area contributed by atoms with Crippen LogP contribution < -0.4 is 4.90 Å². The Morgan fingerprint density at radius 3 is 1.75 bits per heavy atom. The molecule has 0 atom stereocenters. The van der Waals surface area contributed by atoms with Gasteiger partial charge in [-0.1, -0.05) is 121 Å². The minimum Gasteiger partial charge on any atom is -0.455 e. The summed E-state index contributed by atoms with van der Waals surface area (Å²) >= 11 is 0. The van der Waals surface area contributed by atoms with E-state index in [1.165, 1.54) is 43.4 Å². The van der Waals surface area contributed by atoms with E-state index in [0.29, 0.717) is 0 Å². The van der Waals surface area contributed by atoms with Crippen LogP contribution in [0.1, 0.15) is 0 Å². The van der Waals surface area contributed by atoms with Crippen molar-refractivity contribution >= 4 is 82.1 Å². The van der Waals surface area contributed by atoms with Gasteiger partial charge in [0.2, 0.25) is 0 Å². The maximum atomic E-state index is 6.45. The number of hydrogen-bond donors (Lipinski definition) is 0. The lowest BCUT2D eigenvalue weighted by Crippen LogP contribution is -2.09. The van der Waals surface area contributed by atoms with Gasteiger partial charge in [0.15, 0.2) is 0 Å². The second-order valence-corrected chi connectivity index (χ2v) is 12.5. The molecule has 48 heavy (non-hydrogen) atoms. The molecule has 224 valence electrons. The molecule has 0 spiro atoms. The van der Waals surface area contributed by atoms with Crippen LogP contribution in [0.5, 0.6) is 0 Å². The van der Waals surface area contributed by atoms with Crippen LogP contribution in [0.15, 0.2) is 180 Å². The van der Waals surface area contributed by atoms with Crippen molar-refractivity contribution < 1.29 is 4.42 Å². The number of hydrogen-bond acceptors (Lipinski definition) is 2. The van der Waals surface area contributed by atoms with Crippen LogP contribution in [0.4, 0.5) is 17.1 Å². The molecule has 0 saturated carbocycles. The molecule has 2 nitrogen and oxygen atoms in total. The Labute approximate surface area is 277 Å². The second-order valence-electron chi connectivity index (χ2n) is 12.5. The number of rotatable bonds is 4. The third-order valence-electron chi connectivity index (χ3n) is 9.82. The number of para-hydroxylation sites is 2. The summed E-state index contributed by atoms with van der Waals surface area (Å²) in [5, 5.41) is 12.2. The SMILES string of the molecule is c1ccc(N(c2ccc(-c3cc4c5ccccc5ccc4c4ccccc34)cc2)c2ccc3ccc4c5ccccc5oc4c3c2)cc1. The van der Waals surface area contributed by atoms with E-state index in [-0.39, 0.29) is 0 Å². The highest BCUT2D eigenvalue weighted by Crippen LogP contribution is 2.42. The highest BCUT2D eigenvalue weighted by atomic mass is 16.3. The van der Waals surface area contributed by atoms with Crippen molar-refractivity contribution in [2.45, 2.75) is 0 Å². The van der Waals surface area contributed by atoms with E-state index >= 15 is 0 Å². The summed E-state index contributed by atoms with van der Waals surface area (Å²) in [7, 11) is 0. The molecule has 0 aliphatic heterocycles. The van der Waals surface area contributed by atoms with E-state index in [4.69, 9.17) is 4.42 Å². The van der Waals surface area contributed by atoms with Gasteiger partial charge >= 0.3 is 0 Å². The Hall–Kier alpha value is -6.38. The quantitative estimate of drug-likeness (QED) is 0.184. The molecule has 10 aromatic rings. The van der Waals surface area contributed by atoms with E-state index in [0.717, 1.165) is 49.8 Å². The highest BCUT2D eigenvalue weighted by molar-refractivity contribution is 6.21. The van der Waals surface area contributed by atoms with Crippen LogP contribution >= 0.6 is 0 Å². The number of benzene rings is 9. The molecule has 0 aliphatic carbocycles. The van der Waals surface area contributed by atoms with Crippen LogP contribution in [-0.4, -0.2) is 0 Å². The molecule has 0 fully saturated rings. The molecule has 0 saturated heterocycles. The second kappa shape index (κ2) is 10.6. The lowest BCUT2D eigenvalue weighted by atomic mass is 9.91. The van der Waals surface area contributed by atoms with Crippen LogP contribution in [0.25, 0.3) is 76.2 Å². The van der Waals surface area contributed by atoms with Crippen LogP contribution in [0.2, 0.25) is 0 Å². The Balaban J connectivity index is 1.14. The normalized spacial score (nSPS) is 11.8. The zero-order valence-corrected chi connectivity index (χ0v) is 26.1. The van der Waals surface area contributed by atoms with Gasteiger partial charge in [-0.05, 0) is 103 Å². The fraction of sp³-hybridized carbons (Fsp3) is 0. The van der Waals surface area contributed by atoms with E-state index in [9.17, 15) is 0 Å². The van der Waals surface area contributed by atoms with Gasteiger partial charge in [0, 0.05) is 33.2 Å². The van der Waals surface area contributed by atoms with Crippen molar-refractivity contribution in [3.8, 4) is 11.1 Å². The average molecular weight is 612 g/mol. The first-order valence-electron chi connectivity index (χ1n) is 16.4. The Kier molecular flexibility index (Phi) is 5.91. The molecule has 1 heterocycles. The first kappa shape index (κ1) is 26.8. The van der Waals surface area contributed by atoms with Crippen LogP contribution in [0, 0.1) is 0 Å². The molecule has 0 N–H and O–H groups in total. The van der Waals surface area contributed by atoms with Crippen molar-refractivity contribution in [2.75, 3.05) is 4.90 Å². The number of fused-ring (bicyclic) bond motifs is 10. The smallest absolute Gasteiger partial charge is 0.143 e. The number of furan rings is 1. The zero-order valence-electron chi connectivity index (χ0n) is 26.1. The molecule has 10 rings (SSSR count). The lowest BCUT2D eigenvalue weighted by Gasteiger charge is -2.26. The molecular formula is C46H29NO. The first-order valence-corrected chi connectivity index (χ1v) is 16.4. The lowest BCUT2D eigenvalue weighted by molar-refractivity contribution is 0.672. The molecule has 9 aromatic carbocycles. The summed E-state index contributed by atoms with van der Waals surface area (Å²) in [6.45, 7) is 0. The Morgan fingerprint density at radius 2 is 0.917 bits per heavy atom. The van der Waals surface area contributed by atoms with Gasteiger partial charge < -0.3 is 9.32 Å². The van der Waals surface area contributed by atoms with Crippen LogP contribution in [0.3, 0.4) is 0 Å². The minimum atomic E-state index is 0.912. The van der Waals surface area contributed by atoms with Crippen LogP contribution in [-0.2, 0) is 0 Å². The summed E-state index contributed by atoms with van der Waals surface area (Å²) in [4.78, 5) is 2.33. The van der Waals surface area contributed by atoms with Gasteiger partial charge in [-0.15, -0.1) is 0 Å². The molecule has 0 bridgehead atoms. The summed E-state index contributed by atoms with van der Waals surface area (Å²) in [5.74, 6) is 0. The van der Waals surface area contributed by atoms with Crippen molar-refractivity contribution in [2.24, 2.45) is 0 Å². The molecule has 0 radical (unpaired) electrons. The topological polar surface area (TPSA) is 16.4 Å². The standard InChI is InChI=1S/C46H29NO/c1-2-11-33(12-3-1)47(35-25-20-32-22-27-41-40-16-8-9-17-45(40)48-46(41)43(32)28-35)34-23-18-31(19-24-34)42-29-44-36-13-5-4-10-30(36)21-26-39(44)37-14-6-7-15-38(37)42/h1-29H. The van der Waals surface area contributed by atoms with Gasteiger partial charge in [0.1, 0.15) is 11.2 Å². The van der Waals surface area contributed by atoms with E-state index in [2.05, 4.69) is 169 Å². The predicted molar refractivity (Wildman–Crippen MR) is 204 cm³/mol. The summed E-state index contributed by atoms with van der Waals surface area (Å²) in [5.41, 5.74) is 7.55. The van der Waals surface area contributed by atoms with Crippen molar-refractivity contribution in [1.29, 1.82) is 0 Å². The monoisotopic (exact) mass is 611 g/mol. The van der Waals surface area contributed by atoms with E-state index in [1.54, 1.807) is 0 Å². The van der Waals surface area contributed by atoms with Crippen molar-refractivity contribution in [3.05, 3.63) is 176 Å². The third kappa shape index (κ3) is 4.13. The predicted octanol–water partition coefficient (Wildman–Crippen LogP) is 13.3. The molecule has 0 amide bonds. The van der Waals surface area contributed by atoms with Gasteiger partial charge in [0.05, 0.1) is 0 Å². The maximum Gasteiger partial charge on any atom is 0.143 e. The number of anilines is 3. The first-order chi connectivity index (χ1) is 23.8. The maximum absolute atomic E-state index is 6.45. The highest BCUT2D eigenvalue weighted by Gasteiger charge is 2.17. The van der Waals surface area contributed by atoms with Gasteiger partial charge in [0.25, 0.3) is 0 Å². The van der Waals surface area contributed by atoms with Crippen molar-refractivity contribution in [1.82, 2.24) is 0 Å². The summed E-state index contributed by atoms with van der Waals surface area (Å²) < 4.78 is 6.45. The van der Waals surface area contributed by atoms with Crippen molar-refractivity contribution in [3.63, 3.8) is 0 Å². The van der Waals surface area contributed by atoms with Gasteiger partial charge in [-0.2, -0.15) is 0 Å². The third-order valence-corrected chi connectivity index (χ3v) is 9.82. The number of nitrogens with zero attached hydrogens (tertiary/aromatic N) is 1. The largest absolute Gasteiger partial charge is 0.455 e. The average Bonchev–Trinajstić information content (AvgIpc) is 3.55. The fourth-order valence-corrected chi connectivity index (χ4v) is 7.54. The van der Waals surface area contributed by atoms with E-state index in [1.807, 2.05) is 12.1 Å². The molecular weight excluding hydrogens is 583 g/mol. The molecule has 2 heteroatoms. The minimum absolute atomic E-state index is 0.912. The zero-order chi connectivity index (χ0) is 31.6. The van der Waals surface area contributed by atoms with Gasteiger partial charge in [-0.3, -0.25) is 0 Å². The molecule has 0 aliphatic rings. The Bertz CT molecular complexity index is 2830. The summed E-state index contributed by atoms with van der Waals surface area (Å²) in [6, 6.07) is 63.3. The van der Waals surface area contributed by atoms with E-state index < -0.39 is 0 Å². The Morgan fingerprint density at radius 1 is 0.333 bits per heavy atom. The molecule has 1 aromatic heterocycles. The fourth-order valence-electron chi connectivity index (χ4n) is 7.54. The summed E-state index contributed by atoms with van der Waals surface area (Å²) in [6.07, 6.45) is 0. The van der Waals surface area contributed by atoms with Gasteiger partial charge in [-0.25, -0.2) is 0 Å².